The lowest BCUT2D eigenvalue weighted by Crippen LogP contribution is -2.37. The van der Waals surface area contributed by atoms with E-state index in [4.69, 9.17) is 17.7 Å². The topological polar surface area (TPSA) is 71.1 Å². The number of rotatable bonds is 11. The number of anilines is 8. The average molecular weight is 2040 g/mol. The molecule has 4 heterocycles. The van der Waals surface area contributed by atoms with Crippen LogP contribution in [-0.2, 0) is 27.1 Å². The smallest absolute Gasteiger partial charge is 0.160 e. The molecule has 0 radical (unpaired) electrons. The first kappa shape index (κ1) is 91.6. The molecule has 12 heteroatoms. The van der Waals surface area contributed by atoms with Gasteiger partial charge in [-0.15, -0.1) is 0 Å². The van der Waals surface area contributed by atoms with Crippen LogP contribution < -0.4 is 30.7 Å². The molecule has 4 aliphatic carbocycles. The van der Waals surface area contributed by atoms with Gasteiger partial charge in [0.05, 0.1) is 56.3 Å². The summed E-state index contributed by atoms with van der Waals surface area (Å²) in [6.07, 6.45) is 0. The van der Waals surface area contributed by atoms with Gasteiger partial charge in [0.25, 0.3) is 0 Å². The molecule has 0 fully saturated rings. The zero-order valence-electron chi connectivity index (χ0n) is 84.4. The van der Waals surface area contributed by atoms with E-state index >= 15 is 0 Å². The Labute approximate surface area is 857 Å². The number of hydrogen-bond donors (Lipinski definition) is 1. The molecule has 4 aliphatic rings. The predicted octanol–water partition coefficient (Wildman–Crippen LogP) is 37.1. The second-order valence-corrected chi connectivity index (χ2v) is 62.7. The molecule has 7 nitrogen and oxygen atoms in total. The lowest BCUT2D eigenvalue weighted by molar-refractivity contribution is 0.590. The second kappa shape index (κ2) is 33.4. The van der Waals surface area contributed by atoms with E-state index < -0.39 is 35.1 Å². The summed E-state index contributed by atoms with van der Waals surface area (Å²) in [6, 6.07) is 135. The van der Waals surface area contributed by atoms with Crippen LogP contribution in [0.5, 0.6) is 0 Å². The van der Waals surface area contributed by atoms with Gasteiger partial charge < -0.3 is 32.8 Å². The molecule has 22 aromatic rings. The quantitative estimate of drug-likeness (QED) is 0.129. The number of halogens is 2. The van der Waals surface area contributed by atoms with Gasteiger partial charge in [-0.05, 0) is 237 Å². The zero-order chi connectivity index (χ0) is 98.8. The van der Waals surface area contributed by atoms with Crippen LogP contribution in [0.25, 0.3) is 132 Å². The van der Waals surface area contributed by atoms with E-state index in [0.29, 0.717) is 0 Å². The first-order valence-corrected chi connectivity index (χ1v) is 62.3. The molecule has 0 bridgehead atoms. The molecule has 26 rings (SSSR count). The fourth-order valence-electron chi connectivity index (χ4n) is 23.5. The maximum absolute atomic E-state index is 7.59. The number of benzene rings is 18. The first-order valence-electron chi connectivity index (χ1n) is 50.2. The molecule has 4 aromatic heterocycles. The Hall–Kier alpha value is -13.8. The van der Waals surface area contributed by atoms with Crippen molar-refractivity contribution in [1.29, 1.82) is 0 Å². The minimum absolute atomic E-state index is 0.0182. The fourth-order valence-corrected chi connectivity index (χ4v) is 28.1. The number of para-hydroxylation sites is 4. The molecular weight excluding hydrogens is 1920 g/mol. The minimum atomic E-state index is -1.64. The highest BCUT2D eigenvalue weighted by Gasteiger charge is 2.57. The van der Waals surface area contributed by atoms with Gasteiger partial charge in [0, 0.05) is 98.6 Å². The molecule has 0 saturated carbocycles. The van der Waals surface area contributed by atoms with Crippen LogP contribution >= 0.6 is 31.9 Å². The SMILES string of the molecule is Brc1cc2c(c3c1oc1ccccc13)-c1c(cc(Br)c3c1oc1ccccc13)C21c2ccccc2-c2ccccc21.CC(C)(C)c1ccc(N(c2ccc([Si](C)(C)C)cc2)c2cc3c(c4c2oc2ccccc24)-c2c(cc(N(c4ccc(C(C)(C)C)cc4)c4ccc([Si](C)(C)C)cc4)c4c2oc2ccccc24)C32c3ccccc3-c3ccccc32)cc1.CC(C)(C)c1ccc(Nc2ccc([Si](C)(C)C)cc2)cc1. The summed E-state index contributed by atoms with van der Waals surface area (Å²) in [5, 5.41) is 16.6. The van der Waals surface area contributed by atoms with Crippen LogP contribution in [0.15, 0.2) is 391 Å². The Morgan fingerprint density at radius 1 is 0.245 bits per heavy atom. The summed E-state index contributed by atoms with van der Waals surface area (Å²) >= 11 is 7.96. The standard InChI is InChI=1S/C75H70N2O2Si2.C37H18Br2O2.C19H27NSi/c1-73(2,3)47-29-33-49(34-30-47)76(51-37-41-53(42-38-51)80(7,8)9)63-45-62-70(72-67(63)57-23-15-19-27-65(57)79-72)69-61(75(62)59-25-17-13-21-55(59)56-22-14-18-26-60(56)75)46-64(71-68(69)58-24-16-20-28-66(58)78-71)77(50-35-31-48(32-36-50)74(4,5)6)52-39-43-54(44-40-52)81(10,11)12;38-27-17-26-34(36-31(27)21-11-3-7-15-29(21)41-36)33-25(18-28(39)35-32(33)22-12-4-8-16-30(22)40-35)37(26)23-13-5-1-9-19(23)20-10-2-6-14-24(20)37;1-19(2,3)15-7-9-16(10-8-15)20-17-11-13-18(14-12-17)21(4,5)6/h13-46H,1-12H3;1-18H;7-14,20H,1-6H3. The predicted molar refractivity (Wildman–Crippen MR) is 621 cm³/mol. The third-order valence-electron chi connectivity index (χ3n) is 30.7. The van der Waals surface area contributed by atoms with Crippen LogP contribution in [0, 0.1) is 0 Å². The molecule has 0 saturated heterocycles. The molecule has 0 aliphatic heterocycles. The van der Waals surface area contributed by atoms with Gasteiger partial charge in [-0.25, -0.2) is 0 Å². The lowest BCUT2D eigenvalue weighted by atomic mass is 9.70. The molecule has 0 amide bonds. The van der Waals surface area contributed by atoms with Crippen molar-refractivity contribution in [2.75, 3.05) is 15.1 Å². The Morgan fingerprint density at radius 2 is 0.510 bits per heavy atom. The van der Waals surface area contributed by atoms with Gasteiger partial charge in [0.15, 0.2) is 5.58 Å². The lowest BCUT2D eigenvalue weighted by Gasteiger charge is -2.34. The maximum atomic E-state index is 7.59. The van der Waals surface area contributed by atoms with Crippen molar-refractivity contribution in [3.63, 3.8) is 0 Å². The largest absolute Gasteiger partial charge is 0.455 e. The van der Waals surface area contributed by atoms with Crippen LogP contribution in [0.4, 0.5) is 45.5 Å². The van der Waals surface area contributed by atoms with Gasteiger partial charge in [-0.3, -0.25) is 0 Å². The average Bonchev–Trinajstić information content (AvgIpc) is 1.48. The van der Waals surface area contributed by atoms with Crippen molar-refractivity contribution < 1.29 is 17.7 Å². The van der Waals surface area contributed by atoms with Gasteiger partial charge >= 0.3 is 0 Å². The van der Waals surface area contributed by atoms with Crippen LogP contribution in [-0.4, -0.2) is 24.2 Å². The summed E-state index contributed by atoms with van der Waals surface area (Å²) in [4.78, 5) is 4.97. The van der Waals surface area contributed by atoms with Crippen LogP contribution in [0.3, 0.4) is 0 Å². The highest BCUT2D eigenvalue weighted by Crippen LogP contribution is 2.71. The monoisotopic (exact) mass is 2040 g/mol. The van der Waals surface area contributed by atoms with Gasteiger partial charge in [0.1, 0.15) is 39.1 Å². The molecule has 143 heavy (non-hydrogen) atoms. The second-order valence-electron chi connectivity index (χ2n) is 45.7. The van der Waals surface area contributed by atoms with Gasteiger partial charge in [-0.2, -0.15) is 0 Å². The number of fused-ring (bicyclic) bond motifs is 36. The van der Waals surface area contributed by atoms with Crippen LogP contribution in [0.2, 0.25) is 58.9 Å². The normalized spacial score (nSPS) is 13.7. The minimum Gasteiger partial charge on any atom is -0.455 e. The summed E-state index contributed by atoms with van der Waals surface area (Å²) in [5.41, 5.74) is 38.0. The molecule has 704 valence electrons. The number of nitrogens with zero attached hydrogens (tertiary/aromatic N) is 2. The van der Waals surface area contributed by atoms with Crippen LogP contribution in [0.1, 0.15) is 124 Å². The number of nitrogens with one attached hydrogen (secondary N) is 1. The highest BCUT2D eigenvalue weighted by molar-refractivity contribution is 9.11. The van der Waals surface area contributed by atoms with Gasteiger partial charge in [0.2, 0.25) is 0 Å². The van der Waals surface area contributed by atoms with Crippen molar-refractivity contribution >= 4 is 205 Å². The molecule has 18 aromatic carbocycles. The maximum Gasteiger partial charge on any atom is 0.160 e. The third-order valence-corrected chi connectivity index (χ3v) is 38.1. The Kier molecular flexibility index (Phi) is 21.4. The van der Waals surface area contributed by atoms with E-state index in [1.807, 2.05) is 12.1 Å². The molecule has 0 atom stereocenters. The molecule has 0 unspecified atom stereocenters. The van der Waals surface area contributed by atoms with E-state index in [1.165, 1.54) is 105 Å². The van der Waals surface area contributed by atoms with Crippen molar-refractivity contribution in [3.8, 4) is 44.5 Å². The molecular formula is C131H115Br2N3O4Si3. The number of hydrogen-bond acceptors (Lipinski definition) is 7. The molecule has 2 spiro atoms. The van der Waals surface area contributed by atoms with E-state index in [-0.39, 0.29) is 16.2 Å². The Morgan fingerprint density at radius 3 is 0.895 bits per heavy atom. The summed E-state index contributed by atoms with van der Waals surface area (Å²) in [5.74, 6) is 0. The van der Waals surface area contributed by atoms with Crippen molar-refractivity contribution in [1.82, 2.24) is 0 Å². The Bertz CT molecular complexity index is 8670. The highest BCUT2D eigenvalue weighted by atomic mass is 79.9. The van der Waals surface area contributed by atoms with Crippen molar-refractivity contribution in [2.45, 2.75) is 148 Å². The van der Waals surface area contributed by atoms with Crippen molar-refractivity contribution in [3.05, 3.63) is 434 Å². The van der Waals surface area contributed by atoms with E-state index in [9.17, 15) is 0 Å². The Balaban J connectivity index is 0.000000145. The van der Waals surface area contributed by atoms with E-state index in [0.717, 1.165) is 159 Å². The van der Waals surface area contributed by atoms with Gasteiger partial charge in [-0.1, -0.05) is 395 Å². The summed E-state index contributed by atoms with van der Waals surface area (Å²) in [7, 11) is -4.49. The van der Waals surface area contributed by atoms with Crippen molar-refractivity contribution in [2.24, 2.45) is 0 Å². The third kappa shape index (κ3) is 14.6. The number of furan rings is 4. The fraction of sp³-hybridized carbons (Fsp3) is 0.176. The summed E-state index contributed by atoms with van der Waals surface area (Å²) < 4.78 is 30.4. The summed E-state index contributed by atoms with van der Waals surface area (Å²) in [6.45, 7) is 42.2. The van der Waals surface area contributed by atoms with E-state index in [1.54, 1.807) is 0 Å². The zero-order valence-corrected chi connectivity index (χ0v) is 90.6. The molecule has 1 N–H and O–H groups in total. The van der Waals surface area contributed by atoms with E-state index in [2.05, 4.69) is 520 Å². The first-order chi connectivity index (χ1) is 68.5.